The van der Waals surface area contributed by atoms with Crippen LogP contribution in [0.3, 0.4) is 0 Å². The molecule has 0 fully saturated rings. The SMILES string of the molecule is COC(=O)C(C)(C)NC(=O)COc1ccc(Cl)cc1Cl. The van der Waals surface area contributed by atoms with E-state index in [0.717, 1.165) is 0 Å². The van der Waals surface area contributed by atoms with Gasteiger partial charge in [-0.3, -0.25) is 4.79 Å². The molecule has 110 valence electrons. The Hall–Kier alpha value is -1.46. The Morgan fingerprint density at radius 3 is 2.50 bits per heavy atom. The average molecular weight is 320 g/mol. The standard InChI is InChI=1S/C13H15Cl2NO4/c1-13(2,12(18)19-3)16-11(17)7-20-10-5-4-8(14)6-9(10)15/h4-6H,7H2,1-3H3,(H,16,17). The summed E-state index contributed by atoms with van der Waals surface area (Å²) in [7, 11) is 1.25. The lowest BCUT2D eigenvalue weighted by Gasteiger charge is -2.23. The van der Waals surface area contributed by atoms with Crippen LogP contribution >= 0.6 is 23.2 Å². The maximum absolute atomic E-state index is 11.7. The minimum Gasteiger partial charge on any atom is -0.482 e. The average Bonchev–Trinajstić information content (AvgIpc) is 2.36. The quantitative estimate of drug-likeness (QED) is 0.847. The number of amides is 1. The van der Waals surface area contributed by atoms with Gasteiger partial charge in [0.05, 0.1) is 12.1 Å². The van der Waals surface area contributed by atoms with E-state index in [1.807, 2.05) is 0 Å². The van der Waals surface area contributed by atoms with E-state index >= 15 is 0 Å². The summed E-state index contributed by atoms with van der Waals surface area (Å²) >= 11 is 11.7. The van der Waals surface area contributed by atoms with E-state index in [2.05, 4.69) is 10.1 Å². The molecule has 1 rings (SSSR count). The monoisotopic (exact) mass is 319 g/mol. The number of benzene rings is 1. The Morgan fingerprint density at radius 2 is 1.95 bits per heavy atom. The third-order valence-electron chi connectivity index (χ3n) is 2.40. The van der Waals surface area contributed by atoms with Crippen molar-refractivity contribution in [1.82, 2.24) is 5.32 Å². The van der Waals surface area contributed by atoms with Crippen molar-refractivity contribution in [2.24, 2.45) is 0 Å². The normalized spacial score (nSPS) is 10.8. The summed E-state index contributed by atoms with van der Waals surface area (Å²) in [5, 5.41) is 3.27. The third-order valence-corrected chi connectivity index (χ3v) is 2.93. The van der Waals surface area contributed by atoms with Crippen LogP contribution in [-0.2, 0) is 14.3 Å². The lowest BCUT2D eigenvalue weighted by molar-refractivity contribution is -0.149. The van der Waals surface area contributed by atoms with Crippen molar-refractivity contribution >= 4 is 35.1 Å². The molecule has 7 heteroatoms. The predicted molar refractivity (Wildman–Crippen MR) is 76.2 cm³/mol. The molecule has 0 bridgehead atoms. The van der Waals surface area contributed by atoms with Crippen LogP contribution < -0.4 is 10.1 Å². The highest BCUT2D eigenvalue weighted by molar-refractivity contribution is 6.35. The molecule has 0 aliphatic carbocycles. The lowest BCUT2D eigenvalue weighted by Crippen LogP contribution is -2.51. The van der Waals surface area contributed by atoms with Crippen molar-refractivity contribution in [3.8, 4) is 5.75 Å². The minimum absolute atomic E-state index is 0.276. The zero-order chi connectivity index (χ0) is 15.3. The van der Waals surface area contributed by atoms with Gasteiger partial charge in [0.25, 0.3) is 5.91 Å². The number of ether oxygens (including phenoxy) is 2. The maximum Gasteiger partial charge on any atom is 0.330 e. The molecule has 1 aromatic carbocycles. The zero-order valence-electron chi connectivity index (χ0n) is 11.3. The van der Waals surface area contributed by atoms with Crippen LogP contribution in [0.5, 0.6) is 5.75 Å². The zero-order valence-corrected chi connectivity index (χ0v) is 12.8. The van der Waals surface area contributed by atoms with Gasteiger partial charge in [0.15, 0.2) is 6.61 Å². The lowest BCUT2D eigenvalue weighted by atomic mass is 10.1. The molecule has 0 atom stereocenters. The second-order valence-electron chi connectivity index (χ2n) is 4.53. The number of methoxy groups -OCH3 is 1. The van der Waals surface area contributed by atoms with Crippen molar-refractivity contribution in [2.75, 3.05) is 13.7 Å². The second kappa shape index (κ2) is 6.81. The second-order valence-corrected chi connectivity index (χ2v) is 5.37. The summed E-state index contributed by atoms with van der Waals surface area (Å²) in [6.45, 7) is 2.79. The Labute approximate surface area is 127 Å². The van der Waals surface area contributed by atoms with E-state index in [1.54, 1.807) is 12.1 Å². The fourth-order valence-corrected chi connectivity index (χ4v) is 1.89. The molecular formula is C13H15Cl2NO4. The molecule has 0 spiro atoms. The molecule has 20 heavy (non-hydrogen) atoms. The molecule has 1 N–H and O–H groups in total. The first kappa shape index (κ1) is 16.6. The molecule has 1 aromatic rings. The molecule has 1 amide bonds. The van der Waals surface area contributed by atoms with Gasteiger partial charge in [0, 0.05) is 5.02 Å². The van der Waals surface area contributed by atoms with Crippen LogP contribution in [-0.4, -0.2) is 31.1 Å². The van der Waals surface area contributed by atoms with Crippen molar-refractivity contribution in [3.63, 3.8) is 0 Å². The largest absolute Gasteiger partial charge is 0.482 e. The van der Waals surface area contributed by atoms with E-state index in [0.29, 0.717) is 15.8 Å². The molecule has 0 unspecified atom stereocenters. The van der Waals surface area contributed by atoms with Gasteiger partial charge < -0.3 is 14.8 Å². The fraction of sp³-hybridized carbons (Fsp3) is 0.385. The van der Waals surface area contributed by atoms with Crippen molar-refractivity contribution in [3.05, 3.63) is 28.2 Å². The highest BCUT2D eigenvalue weighted by atomic mass is 35.5. The van der Waals surface area contributed by atoms with E-state index in [4.69, 9.17) is 27.9 Å². The number of hydrogen-bond acceptors (Lipinski definition) is 4. The Bertz CT molecular complexity index is 517. The summed E-state index contributed by atoms with van der Waals surface area (Å²) in [5.41, 5.74) is -1.13. The number of rotatable bonds is 5. The summed E-state index contributed by atoms with van der Waals surface area (Å²) in [4.78, 5) is 23.1. The van der Waals surface area contributed by atoms with Gasteiger partial charge >= 0.3 is 5.97 Å². The van der Waals surface area contributed by atoms with Gasteiger partial charge in [0.2, 0.25) is 0 Å². The van der Waals surface area contributed by atoms with Crippen molar-refractivity contribution < 1.29 is 19.1 Å². The number of hydrogen-bond donors (Lipinski definition) is 1. The predicted octanol–water partition coefficient (Wildman–Crippen LogP) is 2.44. The molecule has 0 aromatic heterocycles. The van der Waals surface area contributed by atoms with E-state index in [-0.39, 0.29) is 6.61 Å². The third kappa shape index (κ3) is 4.58. The highest BCUT2D eigenvalue weighted by Crippen LogP contribution is 2.27. The number of esters is 1. The van der Waals surface area contributed by atoms with E-state index in [1.165, 1.54) is 27.0 Å². The Balaban J connectivity index is 2.58. The summed E-state index contributed by atoms with van der Waals surface area (Å²) in [6, 6.07) is 4.66. The molecule has 0 saturated carbocycles. The van der Waals surface area contributed by atoms with Crippen LogP contribution in [0.2, 0.25) is 10.0 Å². The van der Waals surface area contributed by atoms with Gasteiger partial charge in [-0.25, -0.2) is 4.79 Å². The number of nitrogens with one attached hydrogen (secondary N) is 1. The molecule has 0 aliphatic rings. The van der Waals surface area contributed by atoms with Crippen LogP contribution in [0.4, 0.5) is 0 Å². The smallest absolute Gasteiger partial charge is 0.330 e. The van der Waals surface area contributed by atoms with E-state index in [9.17, 15) is 9.59 Å². The first-order valence-corrected chi connectivity index (χ1v) is 6.49. The van der Waals surface area contributed by atoms with Crippen molar-refractivity contribution in [2.45, 2.75) is 19.4 Å². The molecule has 0 saturated heterocycles. The van der Waals surface area contributed by atoms with Crippen LogP contribution in [0.1, 0.15) is 13.8 Å². The highest BCUT2D eigenvalue weighted by Gasteiger charge is 2.30. The minimum atomic E-state index is -1.13. The van der Waals surface area contributed by atoms with Crippen LogP contribution in [0.15, 0.2) is 18.2 Å². The molecule has 0 aliphatic heterocycles. The molecule has 0 heterocycles. The van der Waals surface area contributed by atoms with Gasteiger partial charge in [0.1, 0.15) is 11.3 Å². The van der Waals surface area contributed by atoms with Gasteiger partial charge in [-0.1, -0.05) is 23.2 Å². The van der Waals surface area contributed by atoms with Gasteiger partial charge in [-0.15, -0.1) is 0 Å². The van der Waals surface area contributed by atoms with Gasteiger partial charge in [-0.05, 0) is 32.0 Å². The topological polar surface area (TPSA) is 64.6 Å². The van der Waals surface area contributed by atoms with Gasteiger partial charge in [-0.2, -0.15) is 0 Å². The summed E-state index contributed by atoms with van der Waals surface area (Å²) < 4.78 is 9.84. The fourth-order valence-electron chi connectivity index (χ4n) is 1.43. The number of carbonyl (C=O) groups excluding carboxylic acids is 2. The number of halogens is 2. The number of carbonyl (C=O) groups is 2. The van der Waals surface area contributed by atoms with Crippen LogP contribution in [0, 0.1) is 0 Å². The van der Waals surface area contributed by atoms with E-state index < -0.39 is 17.4 Å². The summed E-state index contributed by atoms with van der Waals surface area (Å²) in [6.07, 6.45) is 0. The molecular weight excluding hydrogens is 305 g/mol. The Morgan fingerprint density at radius 1 is 1.30 bits per heavy atom. The molecule has 0 radical (unpaired) electrons. The summed E-state index contributed by atoms with van der Waals surface area (Å²) in [5.74, 6) is -0.677. The first-order valence-electron chi connectivity index (χ1n) is 5.73. The molecule has 5 nitrogen and oxygen atoms in total. The Kier molecular flexibility index (Phi) is 5.65. The maximum atomic E-state index is 11.7. The van der Waals surface area contributed by atoms with Crippen molar-refractivity contribution in [1.29, 1.82) is 0 Å². The first-order chi connectivity index (χ1) is 9.26. The van der Waals surface area contributed by atoms with Crippen LogP contribution in [0.25, 0.3) is 0 Å².